The second-order valence-electron chi connectivity index (χ2n) is 7.05. The Morgan fingerprint density at radius 1 is 1.25 bits per heavy atom. The van der Waals surface area contributed by atoms with E-state index in [1.807, 2.05) is 6.07 Å². The van der Waals surface area contributed by atoms with Crippen molar-refractivity contribution in [2.45, 2.75) is 38.6 Å². The van der Waals surface area contributed by atoms with E-state index in [4.69, 9.17) is 0 Å². The van der Waals surface area contributed by atoms with Gasteiger partial charge in [0.1, 0.15) is 5.82 Å². The van der Waals surface area contributed by atoms with E-state index in [0.717, 1.165) is 48.1 Å². The fraction of sp³-hybridized carbons (Fsp3) is 0.667. The van der Waals surface area contributed by atoms with Gasteiger partial charge < -0.3 is 5.32 Å². The molecule has 1 aromatic carbocycles. The van der Waals surface area contributed by atoms with Gasteiger partial charge in [-0.3, -0.25) is 0 Å². The number of halogens is 1. The van der Waals surface area contributed by atoms with Crippen molar-refractivity contribution in [2.24, 2.45) is 29.6 Å². The molecule has 20 heavy (non-hydrogen) atoms. The topological polar surface area (TPSA) is 12.0 Å². The standard InChI is InChI=1S/C18H24FN/c1-2-8-20-18(13-4-3-5-14(19)10-13)17-15-11-6-7-12(9-11)16(15)17/h3-5,10-12,15-18,20H,2,6-9H2,1H3. The molecule has 1 nitrogen and oxygen atoms in total. The molecule has 0 spiro atoms. The molecule has 0 radical (unpaired) electrons. The van der Waals surface area contributed by atoms with Crippen LogP contribution in [-0.4, -0.2) is 6.54 Å². The van der Waals surface area contributed by atoms with Gasteiger partial charge >= 0.3 is 0 Å². The maximum Gasteiger partial charge on any atom is 0.123 e. The Hall–Kier alpha value is -0.890. The van der Waals surface area contributed by atoms with Gasteiger partial charge in [-0.15, -0.1) is 0 Å². The predicted octanol–water partition coefficient (Wildman–Crippen LogP) is 4.16. The summed E-state index contributed by atoms with van der Waals surface area (Å²) < 4.78 is 13.6. The molecular weight excluding hydrogens is 249 g/mol. The normalized spacial score (nSPS) is 38.8. The van der Waals surface area contributed by atoms with E-state index in [1.54, 1.807) is 12.1 Å². The number of nitrogens with one attached hydrogen (secondary N) is 1. The Morgan fingerprint density at radius 2 is 2.00 bits per heavy atom. The van der Waals surface area contributed by atoms with Crippen molar-refractivity contribution < 1.29 is 4.39 Å². The van der Waals surface area contributed by atoms with Crippen molar-refractivity contribution in [1.82, 2.24) is 5.32 Å². The van der Waals surface area contributed by atoms with Gasteiger partial charge in [-0.05, 0) is 79.5 Å². The molecule has 3 aliphatic rings. The molecule has 5 atom stereocenters. The largest absolute Gasteiger partial charge is 0.310 e. The summed E-state index contributed by atoms with van der Waals surface area (Å²) in [5.41, 5.74) is 1.16. The first-order valence-electron chi connectivity index (χ1n) is 8.28. The number of hydrogen-bond acceptors (Lipinski definition) is 1. The smallest absolute Gasteiger partial charge is 0.123 e. The van der Waals surface area contributed by atoms with Crippen molar-refractivity contribution in [3.8, 4) is 0 Å². The van der Waals surface area contributed by atoms with Gasteiger partial charge in [-0.2, -0.15) is 0 Å². The van der Waals surface area contributed by atoms with Gasteiger partial charge in [0.05, 0.1) is 0 Å². The molecule has 0 amide bonds. The zero-order valence-corrected chi connectivity index (χ0v) is 12.2. The van der Waals surface area contributed by atoms with Gasteiger partial charge in [0, 0.05) is 6.04 Å². The summed E-state index contributed by atoms with van der Waals surface area (Å²) in [5.74, 6) is 4.51. The molecule has 1 N–H and O–H groups in total. The summed E-state index contributed by atoms with van der Waals surface area (Å²) in [6.45, 7) is 3.24. The maximum atomic E-state index is 13.6. The zero-order valence-electron chi connectivity index (χ0n) is 12.2. The molecular formula is C18H24FN. The Balaban J connectivity index is 1.57. The van der Waals surface area contributed by atoms with E-state index < -0.39 is 0 Å². The van der Waals surface area contributed by atoms with Crippen LogP contribution >= 0.6 is 0 Å². The maximum absolute atomic E-state index is 13.6. The van der Waals surface area contributed by atoms with Crippen molar-refractivity contribution in [3.05, 3.63) is 35.6 Å². The molecule has 0 aliphatic heterocycles. The van der Waals surface area contributed by atoms with Gasteiger partial charge in [-0.1, -0.05) is 19.1 Å². The molecule has 4 rings (SSSR count). The molecule has 2 bridgehead atoms. The first kappa shape index (κ1) is 12.8. The van der Waals surface area contributed by atoms with Crippen LogP contribution in [0.1, 0.15) is 44.2 Å². The minimum absolute atomic E-state index is 0.0976. The SMILES string of the molecule is CCCNC(c1cccc(F)c1)C1C2C3CCC(C3)C21. The van der Waals surface area contributed by atoms with Crippen molar-refractivity contribution in [1.29, 1.82) is 0 Å². The Labute approximate surface area is 121 Å². The first-order valence-corrected chi connectivity index (χ1v) is 8.28. The van der Waals surface area contributed by atoms with Gasteiger partial charge in [0.25, 0.3) is 0 Å². The minimum Gasteiger partial charge on any atom is -0.310 e. The lowest BCUT2D eigenvalue weighted by atomic mass is 9.93. The molecule has 3 fully saturated rings. The van der Waals surface area contributed by atoms with Crippen LogP contribution in [0.2, 0.25) is 0 Å². The van der Waals surface area contributed by atoms with Crippen LogP contribution in [0.3, 0.4) is 0 Å². The molecule has 108 valence electrons. The Bertz CT molecular complexity index is 484. The quantitative estimate of drug-likeness (QED) is 0.849. The van der Waals surface area contributed by atoms with Crippen molar-refractivity contribution in [2.75, 3.05) is 6.54 Å². The molecule has 3 saturated carbocycles. The van der Waals surface area contributed by atoms with E-state index in [-0.39, 0.29) is 5.82 Å². The van der Waals surface area contributed by atoms with Crippen LogP contribution in [0.15, 0.2) is 24.3 Å². The summed E-state index contributed by atoms with van der Waals surface area (Å²) >= 11 is 0. The second kappa shape index (κ2) is 4.84. The lowest BCUT2D eigenvalue weighted by Crippen LogP contribution is -2.26. The van der Waals surface area contributed by atoms with Crippen LogP contribution in [0.25, 0.3) is 0 Å². The highest BCUT2D eigenvalue weighted by Gasteiger charge is 2.66. The highest BCUT2D eigenvalue weighted by Crippen LogP contribution is 2.72. The lowest BCUT2D eigenvalue weighted by Gasteiger charge is -2.22. The van der Waals surface area contributed by atoms with Gasteiger partial charge in [0.2, 0.25) is 0 Å². The fourth-order valence-electron chi connectivity index (χ4n) is 5.31. The van der Waals surface area contributed by atoms with Gasteiger partial charge in [-0.25, -0.2) is 4.39 Å². The lowest BCUT2D eigenvalue weighted by molar-refractivity contribution is 0.369. The van der Waals surface area contributed by atoms with E-state index >= 15 is 0 Å². The third kappa shape index (κ3) is 1.92. The van der Waals surface area contributed by atoms with Crippen LogP contribution in [0, 0.1) is 35.4 Å². The van der Waals surface area contributed by atoms with Crippen molar-refractivity contribution >= 4 is 0 Å². The van der Waals surface area contributed by atoms with Crippen LogP contribution in [0.5, 0.6) is 0 Å². The van der Waals surface area contributed by atoms with E-state index in [2.05, 4.69) is 18.3 Å². The Kier molecular flexibility index (Phi) is 3.10. The number of benzene rings is 1. The molecule has 1 aromatic rings. The number of rotatable bonds is 5. The Morgan fingerprint density at radius 3 is 2.65 bits per heavy atom. The highest BCUT2D eigenvalue weighted by atomic mass is 19.1. The fourth-order valence-corrected chi connectivity index (χ4v) is 5.31. The van der Waals surface area contributed by atoms with E-state index in [0.29, 0.717) is 6.04 Å². The minimum atomic E-state index is -0.0976. The first-order chi connectivity index (χ1) is 9.79. The summed E-state index contributed by atoms with van der Waals surface area (Å²) in [4.78, 5) is 0. The van der Waals surface area contributed by atoms with Crippen molar-refractivity contribution in [3.63, 3.8) is 0 Å². The average Bonchev–Trinajstić information content (AvgIpc) is 2.87. The number of hydrogen-bond donors (Lipinski definition) is 1. The van der Waals surface area contributed by atoms with Crippen LogP contribution in [-0.2, 0) is 0 Å². The highest BCUT2D eigenvalue weighted by molar-refractivity contribution is 5.26. The molecule has 0 heterocycles. The van der Waals surface area contributed by atoms with E-state index in [1.165, 1.54) is 19.3 Å². The molecule has 5 unspecified atom stereocenters. The van der Waals surface area contributed by atoms with Crippen LogP contribution in [0.4, 0.5) is 4.39 Å². The van der Waals surface area contributed by atoms with E-state index in [9.17, 15) is 4.39 Å². The molecule has 3 aliphatic carbocycles. The summed E-state index contributed by atoms with van der Waals surface area (Å²) in [6.07, 6.45) is 5.52. The van der Waals surface area contributed by atoms with Gasteiger partial charge in [0.15, 0.2) is 0 Å². The molecule has 2 heteroatoms. The summed E-state index contributed by atoms with van der Waals surface area (Å²) in [7, 11) is 0. The second-order valence-corrected chi connectivity index (χ2v) is 7.05. The molecule has 0 saturated heterocycles. The monoisotopic (exact) mass is 273 g/mol. The van der Waals surface area contributed by atoms with Crippen LogP contribution < -0.4 is 5.32 Å². The summed E-state index contributed by atoms with van der Waals surface area (Å²) in [5, 5.41) is 3.71. The third-order valence-electron chi connectivity index (χ3n) is 6.00. The molecule has 0 aromatic heterocycles. The predicted molar refractivity (Wildman–Crippen MR) is 78.7 cm³/mol. The zero-order chi connectivity index (χ0) is 13.7. The summed E-state index contributed by atoms with van der Waals surface area (Å²) in [6, 6.07) is 7.63. The third-order valence-corrected chi connectivity index (χ3v) is 6.00. The number of fused-ring (bicyclic) bond motifs is 5. The average molecular weight is 273 g/mol.